The maximum Gasteiger partial charge on any atom is 0.348 e. The standard InChI is InChI=1S/C13H12INO3/c1-17-6-7-18-13(16)11(9-15)8-10-4-2-3-5-12(10)14/h2-5,8H,6-7H2,1H3/b11-8-. The molecule has 0 unspecified atom stereocenters. The average molecular weight is 357 g/mol. The molecule has 1 rings (SSSR count). The van der Waals surface area contributed by atoms with Crippen LogP contribution in [-0.4, -0.2) is 26.3 Å². The first-order valence-corrected chi connectivity index (χ1v) is 6.29. The third kappa shape index (κ3) is 4.47. The molecule has 0 saturated carbocycles. The molecule has 0 fully saturated rings. The summed E-state index contributed by atoms with van der Waals surface area (Å²) in [6.07, 6.45) is 1.52. The number of nitriles is 1. The van der Waals surface area contributed by atoms with Crippen LogP contribution >= 0.6 is 22.6 Å². The Hall–Kier alpha value is -1.39. The normalized spacial score (nSPS) is 10.8. The predicted octanol–water partition coefficient (Wildman–Crippen LogP) is 2.39. The monoisotopic (exact) mass is 357 g/mol. The largest absolute Gasteiger partial charge is 0.459 e. The van der Waals surface area contributed by atoms with Gasteiger partial charge in [-0.15, -0.1) is 0 Å². The number of benzene rings is 1. The quantitative estimate of drug-likeness (QED) is 0.267. The van der Waals surface area contributed by atoms with Gasteiger partial charge >= 0.3 is 5.97 Å². The summed E-state index contributed by atoms with van der Waals surface area (Å²) in [5.41, 5.74) is 0.800. The number of ether oxygens (including phenoxy) is 2. The summed E-state index contributed by atoms with van der Waals surface area (Å²) < 4.78 is 10.6. The lowest BCUT2D eigenvalue weighted by molar-refractivity contribution is -0.139. The van der Waals surface area contributed by atoms with Crippen molar-refractivity contribution in [3.8, 4) is 6.07 Å². The minimum absolute atomic E-state index is 0.0183. The Morgan fingerprint density at radius 1 is 1.44 bits per heavy atom. The minimum Gasteiger partial charge on any atom is -0.459 e. The molecule has 0 heterocycles. The first kappa shape index (κ1) is 14.7. The van der Waals surface area contributed by atoms with Gasteiger partial charge in [-0.25, -0.2) is 4.79 Å². The van der Waals surface area contributed by atoms with Crippen LogP contribution in [-0.2, 0) is 14.3 Å². The van der Waals surface area contributed by atoms with Crippen LogP contribution in [0, 0.1) is 14.9 Å². The van der Waals surface area contributed by atoms with Crippen molar-refractivity contribution < 1.29 is 14.3 Å². The molecule has 0 aromatic heterocycles. The van der Waals surface area contributed by atoms with Crippen molar-refractivity contribution >= 4 is 34.6 Å². The average Bonchev–Trinajstić information content (AvgIpc) is 2.38. The fourth-order valence-corrected chi connectivity index (χ4v) is 1.72. The SMILES string of the molecule is COCCOC(=O)/C(C#N)=C\c1ccccc1I. The molecular formula is C13H12INO3. The van der Waals surface area contributed by atoms with E-state index >= 15 is 0 Å². The van der Waals surface area contributed by atoms with Gasteiger partial charge in [-0.2, -0.15) is 5.26 Å². The van der Waals surface area contributed by atoms with E-state index in [2.05, 4.69) is 22.6 Å². The lowest BCUT2D eigenvalue weighted by Gasteiger charge is -2.03. The van der Waals surface area contributed by atoms with Gasteiger partial charge in [0.05, 0.1) is 6.61 Å². The van der Waals surface area contributed by atoms with Crippen LogP contribution < -0.4 is 0 Å². The van der Waals surface area contributed by atoms with Crippen molar-refractivity contribution in [2.24, 2.45) is 0 Å². The molecule has 0 amide bonds. The molecule has 1 aromatic carbocycles. The van der Waals surface area contributed by atoms with Crippen molar-refractivity contribution in [1.29, 1.82) is 5.26 Å². The van der Waals surface area contributed by atoms with Gasteiger partial charge in [0.15, 0.2) is 0 Å². The summed E-state index contributed by atoms with van der Waals surface area (Å²) >= 11 is 2.14. The number of hydrogen-bond donors (Lipinski definition) is 0. The number of halogens is 1. The van der Waals surface area contributed by atoms with E-state index in [1.165, 1.54) is 13.2 Å². The molecule has 0 aliphatic carbocycles. The third-order valence-corrected chi connectivity index (χ3v) is 3.05. The summed E-state index contributed by atoms with van der Waals surface area (Å²) in [4.78, 5) is 11.6. The molecule has 0 N–H and O–H groups in total. The summed E-state index contributed by atoms with van der Waals surface area (Å²) in [7, 11) is 1.52. The van der Waals surface area contributed by atoms with E-state index in [4.69, 9.17) is 14.7 Å². The van der Waals surface area contributed by atoms with Gasteiger partial charge in [0.2, 0.25) is 0 Å². The molecule has 5 heteroatoms. The molecule has 0 spiro atoms. The van der Waals surface area contributed by atoms with E-state index in [-0.39, 0.29) is 12.2 Å². The topological polar surface area (TPSA) is 59.3 Å². The molecule has 0 aliphatic heterocycles. The second kappa shape index (κ2) is 7.84. The van der Waals surface area contributed by atoms with E-state index in [9.17, 15) is 4.79 Å². The van der Waals surface area contributed by atoms with Crippen LogP contribution in [0.3, 0.4) is 0 Å². The zero-order valence-corrected chi connectivity index (χ0v) is 12.0. The van der Waals surface area contributed by atoms with Gasteiger partial charge in [0.25, 0.3) is 0 Å². The van der Waals surface area contributed by atoms with Crippen LogP contribution in [0.4, 0.5) is 0 Å². The summed E-state index contributed by atoms with van der Waals surface area (Å²) in [5, 5.41) is 8.95. The molecule has 1 aromatic rings. The molecule has 4 nitrogen and oxygen atoms in total. The van der Waals surface area contributed by atoms with Crippen LogP contribution in [0.5, 0.6) is 0 Å². The van der Waals surface area contributed by atoms with E-state index in [1.807, 2.05) is 30.3 Å². The lowest BCUT2D eigenvalue weighted by Crippen LogP contribution is -2.11. The number of carbonyl (C=O) groups excluding carboxylic acids is 1. The molecule has 18 heavy (non-hydrogen) atoms. The van der Waals surface area contributed by atoms with E-state index < -0.39 is 5.97 Å². The Labute approximate surface area is 119 Å². The highest BCUT2D eigenvalue weighted by molar-refractivity contribution is 14.1. The second-order valence-electron chi connectivity index (χ2n) is 3.32. The number of esters is 1. The van der Waals surface area contributed by atoms with Crippen molar-refractivity contribution in [3.63, 3.8) is 0 Å². The summed E-state index contributed by atoms with van der Waals surface area (Å²) in [6, 6.07) is 9.32. The number of carbonyl (C=O) groups is 1. The molecule has 0 bridgehead atoms. The first-order valence-electron chi connectivity index (χ1n) is 5.21. The van der Waals surface area contributed by atoms with Crippen LogP contribution in [0.1, 0.15) is 5.56 Å². The van der Waals surface area contributed by atoms with Crippen LogP contribution in [0.2, 0.25) is 0 Å². The second-order valence-corrected chi connectivity index (χ2v) is 4.48. The third-order valence-electron chi connectivity index (χ3n) is 2.07. The number of rotatable bonds is 5. The summed E-state index contributed by atoms with van der Waals surface area (Å²) in [5.74, 6) is -0.630. The molecule has 0 radical (unpaired) electrons. The van der Waals surface area contributed by atoms with Gasteiger partial charge in [0, 0.05) is 10.7 Å². The first-order chi connectivity index (χ1) is 8.69. The van der Waals surface area contributed by atoms with Gasteiger partial charge in [-0.3, -0.25) is 0 Å². The molecule has 0 saturated heterocycles. The van der Waals surface area contributed by atoms with Crippen molar-refractivity contribution in [2.45, 2.75) is 0 Å². The van der Waals surface area contributed by atoms with Gasteiger partial charge < -0.3 is 9.47 Å². The Morgan fingerprint density at radius 2 is 2.17 bits per heavy atom. The maximum absolute atomic E-state index is 11.6. The zero-order valence-electron chi connectivity index (χ0n) is 9.85. The smallest absolute Gasteiger partial charge is 0.348 e. The van der Waals surface area contributed by atoms with Gasteiger partial charge in [0.1, 0.15) is 18.2 Å². The van der Waals surface area contributed by atoms with E-state index in [0.717, 1.165) is 9.13 Å². The Balaban J connectivity index is 2.81. The highest BCUT2D eigenvalue weighted by atomic mass is 127. The van der Waals surface area contributed by atoms with E-state index in [0.29, 0.717) is 6.61 Å². The van der Waals surface area contributed by atoms with Crippen molar-refractivity contribution in [3.05, 3.63) is 39.0 Å². The molecule has 0 aliphatic rings. The molecular weight excluding hydrogens is 345 g/mol. The van der Waals surface area contributed by atoms with Gasteiger partial charge in [-0.1, -0.05) is 18.2 Å². The van der Waals surface area contributed by atoms with Crippen molar-refractivity contribution in [2.75, 3.05) is 20.3 Å². The number of methoxy groups -OCH3 is 1. The molecule has 94 valence electrons. The highest BCUT2D eigenvalue weighted by Crippen LogP contribution is 2.15. The van der Waals surface area contributed by atoms with Crippen LogP contribution in [0.25, 0.3) is 6.08 Å². The van der Waals surface area contributed by atoms with Crippen molar-refractivity contribution in [1.82, 2.24) is 0 Å². The lowest BCUT2D eigenvalue weighted by atomic mass is 10.1. The number of hydrogen-bond acceptors (Lipinski definition) is 4. The fraction of sp³-hybridized carbons (Fsp3) is 0.231. The van der Waals surface area contributed by atoms with Gasteiger partial charge in [-0.05, 0) is 40.3 Å². The van der Waals surface area contributed by atoms with Crippen LogP contribution in [0.15, 0.2) is 29.8 Å². The Kier molecular flexibility index (Phi) is 6.39. The van der Waals surface area contributed by atoms with E-state index in [1.54, 1.807) is 0 Å². The minimum atomic E-state index is -0.630. The fourth-order valence-electron chi connectivity index (χ4n) is 1.18. The summed E-state index contributed by atoms with van der Waals surface area (Å²) in [6.45, 7) is 0.452. The highest BCUT2D eigenvalue weighted by Gasteiger charge is 2.11. The molecule has 0 atom stereocenters. The maximum atomic E-state index is 11.6. The number of nitrogens with zero attached hydrogens (tertiary/aromatic N) is 1. The Morgan fingerprint density at radius 3 is 2.78 bits per heavy atom. The Bertz CT molecular complexity index is 491. The zero-order chi connectivity index (χ0) is 13.4. The predicted molar refractivity (Wildman–Crippen MR) is 75.6 cm³/mol.